The summed E-state index contributed by atoms with van der Waals surface area (Å²) in [5.74, 6) is 0.874. The van der Waals surface area contributed by atoms with Crippen LogP contribution in [0.15, 0.2) is 107 Å². The fourth-order valence-corrected chi connectivity index (χ4v) is 4.83. The van der Waals surface area contributed by atoms with Crippen LogP contribution < -0.4 is 14.9 Å². The highest BCUT2D eigenvalue weighted by Crippen LogP contribution is 2.37. The summed E-state index contributed by atoms with van der Waals surface area (Å²) in [6, 6.07) is 31.1. The molecule has 1 N–H and O–H groups in total. The van der Waals surface area contributed by atoms with Gasteiger partial charge in [0.25, 0.3) is 5.91 Å². The highest BCUT2D eigenvalue weighted by atomic mass is 79.9. The molecule has 1 amide bonds. The highest BCUT2D eigenvalue weighted by Gasteiger charge is 2.15. The summed E-state index contributed by atoms with van der Waals surface area (Å²) in [7, 11) is 0. The van der Waals surface area contributed by atoms with Crippen LogP contribution in [0.4, 0.5) is 0 Å². The number of para-hydroxylation sites is 1. The molecule has 4 aromatic carbocycles. The largest absolute Gasteiger partial charge is 0.490 e. The van der Waals surface area contributed by atoms with E-state index in [9.17, 15) is 4.79 Å². The first kappa shape index (κ1) is 27.1. The number of hydrogen-bond acceptors (Lipinski definition) is 5. The van der Waals surface area contributed by atoms with Crippen molar-refractivity contribution in [2.75, 3.05) is 6.61 Å². The molecular weight excluding hydrogens is 566 g/mol. The second-order valence-corrected chi connectivity index (χ2v) is 10.0. The van der Waals surface area contributed by atoms with Crippen molar-refractivity contribution in [2.45, 2.75) is 20.5 Å². The molecule has 0 spiro atoms. The Bertz CT molecular complexity index is 1670. The minimum absolute atomic E-state index is 0.325. The Balaban J connectivity index is 1.36. The number of rotatable bonds is 9. The van der Waals surface area contributed by atoms with Gasteiger partial charge in [0.2, 0.25) is 0 Å². The first-order valence-corrected chi connectivity index (χ1v) is 13.7. The van der Waals surface area contributed by atoms with E-state index in [-0.39, 0.29) is 5.91 Å². The lowest BCUT2D eigenvalue weighted by Crippen LogP contribution is -2.18. The number of benzene rings is 4. The molecule has 0 saturated heterocycles. The van der Waals surface area contributed by atoms with Crippen molar-refractivity contribution >= 4 is 39.0 Å². The lowest BCUT2D eigenvalue weighted by atomic mass is 10.0. The van der Waals surface area contributed by atoms with Gasteiger partial charge in [-0.3, -0.25) is 4.79 Å². The number of carbonyl (C=O) groups excluding carboxylic acids is 1. The molecule has 5 aromatic rings. The van der Waals surface area contributed by atoms with Crippen LogP contribution in [-0.2, 0) is 6.61 Å². The van der Waals surface area contributed by atoms with Gasteiger partial charge in [-0.15, -0.1) is 0 Å². The molecule has 1 heterocycles. The summed E-state index contributed by atoms with van der Waals surface area (Å²) >= 11 is 3.61. The van der Waals surface area contributed by atoms with E-state index in [4.69, 9.17) is 14.5 Å². The van der Waals surface area contributed by atoms with Crippen molar-refractivity contribution in [2.24, 2.45) is 5.10 Å². The van der Waals surface area contributed by atoms with Crippen molar-refractivity contribution in [3.63, 3.8) is 0 Å². The Morgan fingerprint density at radius 2 is 1.70 bits per heavy atom. The Morgan fingerprint density at radius 1 is 0.950 bits per heavy atom. The van der Waals surface area contributed by atoms with E-state index in [1.54, 1.807) is 12.3 Å². The van der Waals surface area contributed by atoms with Gasteiger partial charge in [-0.1, -0.05) is 78.4 Å². The van der Waals surface area contributed by atoms with Crippen molar-refractivity contribution in [1.29, 1.82) is 0 Å². The van der Waals surface area contributed by atoms with Crippen LogP contribution in [0, 0.1) is 6.92 Å². The Kier molecular flexibility index (Phi) is 8.52. The van der Waals surface area contributed by atoms with Crippen molar-refractivity contribution in [1.82, 2.24) is 10.4 Å². The van der Waals surface area contributed by atoms with Crippen LogP contribution in [0.1, 0.15) is 34.0 Å². The second-order valence-electron chi connectivity index (χ2n) is 9.17. The monoisotopic (exact) mass is 593 g/mol. The molecule has 0 bridgehead atoms. The summed E-state index contributed by atoms with van der Waals surface area (Å²) in [4.78, 5) is 18.0. The second kappa shape index (κ2) is 12.6. The topological polar surface area (TPSA) is 72.8 Å². The van der Waals surface area contributed by atoms with Crippen molar-refractivity contribution in [3.05, 3.63) is 124 Å². The smallest absolute Gasteiger partial charge is 0.272 e. The molecule has 7 heteroatoms. The zero-order valence-electron chi connectivity index (χ0n) is 22.2. The molecule has 0 radical (unpaired) electrons. The number of halogens is 1. The molecule has 0 unspecified atom stereocenters. The van der Waals surface area contributed by atoms with Crippen LogP contribution >= 0.6 is 15.9 Å². The van der Waals surface area contributed by atoms with Gasteiger partial charge < -0.3 is 9.47 Å². The minimum atomic E-state index is -0.325. The molecule has 40 heavy (non-hydrogen) atoms. The summed E-state index contributed by atoms with van der Waals surface area (Å²) in [5.41, 5.74) is 8.56. The molecular formula is C33H28BrN3O3. The SMILES string of the molecule is CCOc1cc(/C=N/NC(=O)c2cc(-c3ccccc3)nc3ccccc23)cc(Br)c1OCc1ccc(C)cc1. The van der Waals surface area contributed by atoms with Crippen molar-refractivity contribution < 1.29 is 14.3 Å². The molecule has 6 nitrogen and oxygen atoms in total. The number of fused-ring (bicyclic) bond motifs is 1. The van der Waals surface area contributed by atoms with Gasteiger partial charge in [-0.05, 0) is 65.2 Å². The number of amides is 1. The quantitative estimate of drug-likeness (QED) is 0.140. The summed E-state index contributed by atoms with van der Waals surface area (Å²) in [5, 5.41) is 4.99. The molecule has 0 saturated carbocycles. The van der Waals surface area contributed by atoms with E-state index in [1.165, 1.54) is 5.56 Å². The third-order valence-corrected chi connectivity index (χ3v) is 6.83. The normalized spacial score (nSPS) is 11.1. The molecule has 0 aliphatic heterocycles. The Hall–Kier alpha value is -4.49. The first-order valence-electron chi connectivity index (χ1n) is 12.9. The number of aromatic nitrogens is 1. The molecule has 0 aliphatic rings. The number of hydrazone groups is 1. The van der Waals surface area contributed by atoms with E-state index < -0.39 is 0 Å². The van der Waals surface area contributed by atoms with Crippen LogP contribution in [-0.4, -0.2) is 23.7 Å². The predicted octanol–water partition coefficient (Wildman–Crippen LogP) is 7.71. The fraction of sp³-hybridized carbons (Fsp3) is 0.121. The van der Waals surface area contributed by atoms with Gasteiger partial charge >= 0.3 is 0 Å². The highest BCUT2D eigenvalue weighted by molar-refractivity contribution is 9.10. The van der Waals surface area contributed by atoms with E-state index in [0.717, 1.165) is 37.8 Å². The third-order valence-electron chi connectivity index (χ3n) is 6.25. The van der Waals surface area contributed by atoms with Gasteiger partial charge in [0.1, 0.15) is 6.61 Å². The van der Waals surface area contributed by atoms with Gasteiger partial charge in [0.15, 0.2) is 11.5 Å². The van der Waals surface area contributed by atoms with E-state index in [0.29, 0.717) is 30.3 Å². The van der Waals surface area contributed by atoms with Crippen molar-refractivity contribution in [3.8, 4) is 22.8 Å². The molecule has 0 fully saturated rings. The standard InChI is InChI=1S/C33H28BrN3O3/c1-3-39-31-18-24(17-28(34)32(31)40-21-23-15-13-22(2)14-16-23)20-35-37-33(38)27-19-30(25-9-5-4-6-10-25)36-29-12-8-7-11-26(27)29/h4-20H,3,21H2,1-2H3,(H,37,38)/b35-20+. The molecule has 0 atom stereocenters. The average molecular weight is 595 g/mol. The molecule has 0 aliphatic carbocycles. The number of pyridine rings is 1. The van der Waals surface area contributed by atoms with E-state index in [1.807, 2.05) is 85.8 Å². The fourth-order valence-electron chi connectivity index (χ4n) is 4.25. The third kappa shape index (κ3) is 6.38. The molecule has 5 rings (SSSR count). The lowest BCUT2D eigenvalue weighted by Gasteiger charge is -2.15. The predicted molar refractivity (Wildman–Crippen MR) is 163 cm³/mol. The van der Waals surface area contributed by atoms with Gasteiger partial charge in [-0.25, -0.2) is 10.4 Å². The van der Waals surface area contributed by atoms with Crippen LogP contribution in [0.25, 0.3) is 22.2 Å². The van der Waals surface area contributed by atoms with Gasteiger partial charge in [0, 0.05) is 10.9 Å². The number of nitrogens with one attached hydrogen (secondary N) is 1. The molecule has 1 aromatic heterocycles. The van der Waals surface area contributed by atoms with E-state index >= 15 is 0 Å². The minimum Gasteiger partial charge on any atom is -0.490 e. The maximum atomic E-state index is 13.3. The average Bonchev–Trinajstić information content (AvgIpc) is 2.97. The van der Waals surface area contributed by atoms with Crippen LogP contribution in [0.2, 0.25) is 0 Å². The van der Waals surface area contributed by atoms with Crippen LogP contribution in [0.5, 0.6) is 11.5 Å². The number of carbonyl (C=O) groups is 1. The lowest BCUT2D eigenvalue weighted by molar-refractivity contribution is 0.0956. The van der Waals surface area contributed by atoms with Crippen LogP contribution in [0.3, 0.4) is 0 Å². The summed E-state index contributed by atoms with van der Waals surface area (Å²) < 4.78 is 12.7. The maximum absolute atomic E-state index is 13.3. The van der Waals surface area contributed by atoms with Gasteiger partial charge in [0.05, 0.1) is 34.1 Å². The number of ether oxygens (including phenoxy) is 2. The first-order chi connectivity index (χ1) is 19.5. The molecule has 200 valence electrons. The Morgan fingerprint density at radius 3 is 2.48 bits per heavy atom. The zero-order chi connectivity index (χ0) is 27.9. The number of aryl methyl sites for hydroxylation is 1. The summed E-state index contributed by atoms with van der Waals surface area (Å²) in [6.07, 6.45) is 1.58. The maximum Gasteiger partial charge on any atom is 0.272 e. The number of nitrogens with zero attached hydrogens (tertiary/aromatic N) is 2. The van der Waals surface area contributed by atoms with Gasteiger partial charge in [-0.2, -0.15) is 5.10 Å². The number of hydrogen-bond donors (Lipinski definition) is 1. The zero-order valence-corrected chi connectivity index (χ0v) is 23.8. The van der Waals surface area contributed by atoms with E-state index in [2.05, 4.69) is 45.5 Å². The Labute approximate surface area is 241 Å². The summed E-state index contributed by atoms with van der Waals surface area (Å²) in [6.45, 7) is 4.86.